The van der Waals surface area contributed by atoms with Gasteiger partial charge in [0.05, 0.1) is 19.8 Å². The number of hydrogen-bond donors (Lipinski definition) is 2. The zero-order valence-electron chi connectivity index (χ0n) is 10.00. The van der Waals surface area contributed by atoms with Gasteiger partial charge in [0.15, 0.2) is 11.5 Å². The molecule has 2 N–H and O–H groups in total. The van der Waals surface area contributed by atoms with Crippen molar-refractivity contribution in [3.8, 4) is 17.2 Å². The molecule has 0 saturated carbocycles. The van der Waals surface area contributed by atoms with Crippen LogP contribution in [0.3, 0.4) is 0 Å². The number of rotatable bonds is 3. The molecule has 0 atom stereocenters. The van der Waals surface area contributed by atoms with Crippen LogP contribution in [0.5, 0.6) is 17.2 Å². The summed E-state index contributed by atoms with van der Waals surface area (Å²) in [7, 11) is 2.48. The molecule has 0 spiro atoms. The summed E-state index contributed by atoms with van der Waals surface area (Å²) in [4.78, 5) is 32.5. The van der Waals surface area contributed by atoms with Crippen molar-refractivity contribution in [2.45, 2.75) is 0 Å². The Morgan fingerprint density at radius 2 is 1.53 bits per heavy atom. The minimum atomic E-state index is -1.90. The van der Waals surface area contributed by atoms with Crippen molar-refractivity contribution in [3.63, 3.8) is 0 Å². The second-order valence-corrected chi connectivity index (χ2v) is 3.21. The maximum atomic E-state index is 11.5. The fourth-order valence-electron chi connectivity index (χ4n) is 1.20. The first-order valence-electron chi connectivity index (χ1n) is 4.85. The number of carboxylic acids is 1. The number of carbonyl (C=O) groups is 3. The van der Waals surface area contributed by atoms with Crippen molar-refractivity contribution in [2.24, 2.45) is 0 Å². The highest BCUT2D eigenvalue weighted by Gasteiger charge is 2.22. The molecule has 0 radical (unpaired) electrons. The van der Waals surface area contributed by atoms with E-state index in [-0.39, 0.29) is 22.8 Å². The van der Waals surface area contributed by atoms with Crippen molar-refractivity contribution >= 4 is 17.9 Å². The third kappa shape index (κ3) is 3.12. The van der Waals surface area contributed by atoms with Crippen molar-refractivity contribution in [1.29, 1.82) is 0 Å². The molecule has 0 aliphatic carbocycles. The molecule has 0 aliphatic rings. The summed E-state index contributed by atoms with van der Waals surface area (Å²) in [5.74, 6) is -5.33. The second-order valence-electron chi connectivity index (χ2n) is 3.21. The average molecular weight is 270 g/mol. The average Bonchev–Trinajstić information content (AvgIpc) is 2.38. The highest BCUT2D eigenvalue weighted by atomic mass is 16.6. The van der Waals surface area contributed by atoms with Crippen molar-refractivity contribution in [2.75, 3.05) is 14.2 Å². The van der Waals surface area contributed by atoms with Gasteiger partial charge in [0.1, 0.15) is 0 Å². The highest BCUT2D eigenvalue weighted by Crippen LogP contribution is 2.37. The number of aromatic hydroxyl groups is 1. The van der Waals surface area contributed by atoms with Gasteiger partial charge in [-0.3, -0.25) is 0 Å². The lowest BCUT2D eigenvalue weighted by Gasteiger charge is -2.10. The minimum Gasteiger partial charge on any atom is -0.502 e. The van der Waals surface area contributed by atoms with E-state index in [1.165, 1.54) is 14.2 Å². The lowest BCUT2D eigenvalue weighted by molar-refractivity contribution is -0.160. The molecule has 0 amide bonds. The molecular weight excluding hydrogens is 260 g/mol. The Bertz CT molecular complexity index is 508. The first kappa shape index (κ1) is 14.3. The number of esters is 2. The molecule has 8 heteroatoms. The van der Waals surface area contributed by atoms with Gasteiger partial charge in [-0.25, -0.2) is 14.4 Å². The Kier molecular flexibility index (Phi) is 4.30. The van der Waals surface area contributed by atoms with Gasteiger partial charge in [0, 0.05) is 0 Å². The van der Waals surface area contributed by atoms with E-state index in [0.717, 1.165) is 12.1 Å². The molecular formula is C11H10O8. The normalized spacial score (nSPS) is 9.58. The smallest absolute Gasteiger partial charge is 0.425 e. The van der Waals surface area contributed by atoms with E-state index in [9.17, 15) is 19.5 Å². The molecule has 0 fully saturated rings. The van der Waals surface area contributed by atoms with Gasteiger partial charge < -0.3 is 24.4 Å². The summed E-state index contributed by atoms with van der Waals surface area (Å²) in [5, 5.41) is 17.9. The Hall–Kier alpha value is -2.77. The molecule has 102 valence electrons. The van der Waals surface area contributed by atoms with Crippen molar-refractivity contribution in [3.05, 3.63) is 17.7 Å². The molecule has 0 saturated heterocycles. The SMILES string of the molecule is COc1cc(C(=O)OC(=O)C(=O)O)cc(OC)c1O. The Morgan fingerprint density at radius 3 is 1.89 bits per heavy atom. The predicted molar refractivity (Wildman–Crippen MR) is 59.3 cm³/mol. The van der Waals surface area contributed by atoms with Crippen LogP contribution in [-0.4, -0.2) is 42.3 Å². The second kappa shape index (κ2) is 5.71. The maximum Gasteiger partial charge on any atom is 0.425 e. The molecule has 0 aromatic heterocycles. The quantitative estimate of drug-likeness (QED) is 0.453. The highest BCUT2D eigenvalue weighted by molar-refractivity contribution is 6.31. The Morgan fingerprint density at radius 1 is 1.05 bits per heavy atom. The van der Waals surface area contributed by atoms with Gasteiger partial charge in [-0.05, 0) is 12.1 Å². The topological polar surface area (TPSA) is 119 Å². The van der Waals surface area contributed by atoms with E-state index in [0.29, 0.717) is 0 Å². The monoisotopic (exact) mass is 270 g/mol. The lowest BCUT2D eigenvalue weighted by atomic mass is 10.2. The van der Waals surface area contributed by atoms with Crippen LogP contribution in [0.4, 0.5) is 0 Å². The molecule has 0 bridgehead atoms. The van der Waals surface area contributed by atoms with Crippen LogP contribution in [0, 0.1) is 0 Å². The van der Waals surface area contributed by atoms with E-state index in [1.807, 2.05) is 0 Å². The molecule has 1 rings (SSSR count). The van der Waals surface area contributed by atoms with Gasteiger partial charge in [-0.2, -0.15) is 0 Å². The lowest BCUT2D eigenvalue weighted by Crippen LogP contribution is -2.20. The first-order chi connectivity index (χ1) is 8.90. The first-order valence-corrected chi connectivity index (χ1v) is 4.85. The van der Waals surface area contributed by atoms with E-state index in [2.05, 4.69) is 4.74 Å². The number of methoxy groups -OCH3 is 2. The van der Waals surface area contributed by atoms with Crippen LogP contribution < -0.4 is 9.47 Å². The van der Waals surface area contributed by atoms with Crippen LogP contribution in [0.15, 0.2) is 12.1 Å². The number of benzene rings is 1. The molecule has 1 aromatic carbocycles. The summed E-state index contributed by atoms with van der Waals surface area (Å²) in [5.41, 5.74) is -0.207. The molecule has 8 nitrogen and oxygen atoms in total. The largest absolute Gasteiger partial charge is 0.502 e. The van der Waals surface area contributed by atoms with E-state index < -0.39 is 17.9 Å². The fourth-order valence-corrected chi connectivity index (χ4v) is 1.20. The standard InChI is InChI=1S/C11H10O8/c1-17-6-3-5(4-7(18-2)8(6)12)10(15)19-11(16)9(13)14/h3-4,12H,1-2H3,(H,13,14). The predicted octanol–water partition coefficient (Wildman–Crippen LogP) is 0.177. The van der Waals surface area contributed by atoms with E-state index in [1.54, 1.807) is 0 Å². The van der Waals surface area contributed by atoms with Crippen molar-refractivity contribution < 1.29 is 38.8 Å². The minimum absolute atomic E-state index is 0.0888. The molecule has 0 aliphatic heterocycles. The summed E-state index contributed by atoms with van der Waals surface area (Å²) in [6, 6.07) is 2.16. The third-order valence-corrected chi connectivity index (χ3v) is 2.08. The molecule has 0 heterocycles. The van der Waals surface area contributed by atoms with Crippen molar-refractivity contribution in [1.82, 2.24) is 0 Å². The number of carbonyl (C=O) groups excluding carboxylic acids is 2. The third-order valence-electron chi connectivity index (χ3n) is 2.08. The number of ether oxygens (including phenoxy) is 3. The number of phenolic OH excluding ortho intramolecular Hbond substituents is 1. The number of hydrogen-bond acceptors (Lipinski definition) is 7. The zero-order valence-corrected chi connectivity index (χ0v) is 10.00. The summed E-state index contributed by atoms with van der Waals surface area (Å²) < 4.78 is 13.6. The number of carboxylic acid groups (broad SMARTS) is 1. The van der Waals surface area contributed by atoms with Crippen LogP contribution in [0.1, 0.15) is 10.4 Å². The zero-order chi connectivity index (χ0) is 14.6. The Labute approximate surface area is 107 Å². The summed E-state index contributed by atoms with van der Waals surface area (Å²) >= 11 is 0. The molecule has 19 heavy (non-hydrogen) atoms. The van der Waals surface area contributed by atoms with Gasteiger partial charge in [-0.15, -0.1) is 0 Å². The van der Waals surface area contributed by atoms with Crippen LogP contribution in [0.2, 0.25) is 0 Å². The number of phenols is 1. The van der Waals surface area contributed by atoms with Gasteiger partial charge in [0.25, 0.3) is 0 Å². The van der Waals surface area contributed by atoms with Gasteiger partial charge >= 0.3 is 17.9 Å². The maximum absolute atomic E-state index is 11.5. The van der Waals surface area contributed by atoms with Crippen LogP contribution in [0.25, 0.3) is 0 Å². The van der Waals surface area contributed by atoms with E-state index in [4.69, 9.17) is 14.6 Å². The summed E-state index contributed by atoms with van der Waals surface area (Å²) in [6.07, 6.45) is 0. The van der Waals surface area contributed by atoms with Crippen LogP contribution in [-0.2, 0) is 14.3 Å². The summed E-state index contributed by atoms with van der Waals surface area (Å²) in [6.45, 7) is 0. The van der Waals surface area contributed by atoms with E-state index >= 15 is 0 Å². The van der Waals surface area contributed by atoms with Gasteiger partial charge in [-0.1, -0.05) is 0 Å². The fraction of sp³-hybridized carbons (Fsp3) is 0.182. The van der Waals surface area contributed by atoms with Gasteiger partial charge in [0.2, 0.25) is 5.75 Å². The molecule has 0 unspecified atom stereocenters. The number of aliphatic carboxylic acids is 1. The molecule has 1 aromatic rings. The van der Waals surface area contributed by atoms with Crippen LogP contribution >= 0.6 is 0 Å². The Balaban J connectivity index is 3.10.